The Bertz CT molecular complexity index is 323. The van der Waals surface area contributed by atoms with Crippen LogP contribution in [0.15, 0.2) is 24.3 Å². The SMILES string of the molecule is CC(C)CCCCCCNCc1ccccc1O. The molecular weight excluding hydrogens is 222 g/mol. The lowest BCUT2D eigenvalue weighted by Gasteiger charge is -2.07. The monoisotopic (exact) mass is 249 g/mol. The van der Waals surface area contributed by atoms with Crippen molar-refractivity contribution in [2.75, 3.05) is 6.54 Å². The molecule has 0 unspecified atom stereocenters. The highest BCUT2D eigenvalue weighted by Crippen LogP contribution is 2.14. The fourth-order valence-electron chi connectivity index (χ4n) is 2.04. The van der Waals surface area contributed by atoms with Gasteiger partial charge < -0.3 is 10.4 Å². The summed E-state index contributed by atoms with van der Waals surface area (Å²) < 4.78 is 0. The average Bonchev–Trinajstić information content (AvgIpc) is 2.34. The van der Waals surface area contributed by atoms with Crippen LogP contribution in [0.5, 0.6) is 5.75 Å². The van der Waals surface area contributed by atoms with Gasteiger partial charge in [-0.1, -0.05) is 57.7 Å². The molecule has 2 heteroatoms. The van der Waals surface area contributed by atoms with Crippen molar-refractivity contribution in [3.05, 3.63) is 29.8 Å². The summed E-state index contributed by atoms with van der Waals surface area (Å²) in [5.41, 5.74) is 0.984. The molecule has 0 fully saturated rings. The molecule has 1 aromatic rings. The largest absolute Gasteiger partial charge is 0.508 e. The van der Waals surface area contributed by atoms with Crippen molar-refractivity contribution in [3.63, 3.8) is 0 Å². The number of benzene rings is 1. The van der Waals surface area contributed by atoms with Crippen LogP contribution in [0, 0.1) is 5.92 Å². The Labute approximate surface area is 111 Å². The summed E-state index contributed by atoms with van der Waals surface area (Å²) in [4.78, 5) is 0. The first-order valence-corrected chi connectivity index (χ1v) is 7.17. The van der Waals surface area contributed by atoms with Gasteiger partial charge in [0.2, 0.25) is 0 Å². The van der Waals surface area contributed by atoms with E-state index in [1.54, 1.807) is 6.07 Å². The summed E-state index contributed by atoms with van der Waals surface area (Å²) in [5, 5.41) is 13.0. The second kappa shape index (κ2) is 8.98. The maximum absolute atomic E-state index is 9.60. The molecule has 1 aromatic carbocycles. The van der Waals surface area contributed by atoms with Gasteiger partial charge in [-0.3, -0.25) is 0 Å². The smallest absolute Gasteiger partial charge is 0.120 e. The quantitative estimate of drug-likeness (QED) is 0.646. The van der Waals surface area contributed by atoms with Crippen LogP contribution >= 0.6 is 0 Å². The molecule has 0 heterocycles. The van der Waals surface area contributed by atoms with Crippen LogP contribution in [0.2, 0.25) is 0 Å². The van der Waals surface area contributed by atoms with E-state index >= 15 is 0 Å². The number of phenols is 1. The zero-order chi connectivity index (χ0) is 13.2. The lowest BCUT2D eigenvalue weighted by Crippen LogP contribution is -2.14. The summed E-state index contributed by atoms with van der Waals surface area (Å²) in [6, 6.07) is 7.52. The van der Waals surface area contributed by atoms with E-state index in [1.165, 1.54) is 32.1 Å². The number of phenolic OH excluding ortho intramolecular Hbond substituents is 1. The molecule has 0 amide bonds. The Morgan fingerprint density at radius 1 is 1.06 bits per heavy atom. The van der Waals surface area contributed by atoms with Crippen LogP contribution in [0.3, 0.4) is 0 Å². The molecule has 0 atom stereocenters. The molecule has 2 N–H and O–H groups in total. The fraction of sp³-hybridized carbons (Fsp3) is 0.625. The number of unbranched alkanes of at least 4 members (excludes halogenated alkanes) is 3. The third-order valence-corrected chi connectivity index (χ3v) is 3.19. The van der Waals surface area contributed by atoms with E-state index in [9.17, 15) is 5.11 Å². The molecule has 18 heavy (non-hydrogen) atoms. The molecule has 0 saturated carbocycles. The van der Waals surface area contributed by atoms with Gasteiger partial charge in [0.05, 0.1) is 0 Å². The predicted molar refractivity (Wildman–Crippen MR) is 77.7 cm³/mol. The number of nitrogens with one attached hydrogen (secondary N) is 1. The Kier molecular flexibility index (Phi) is 7.51. The summed E-state index contributed by atoms with van der Waals surface area (Å²) >= 11 is 0. The highest BCUT2D eigenvalue weighted by atomic mass is 16.3. The second-order valence-electron chi connectivity index (χ2n) is 5.40. The van der Waals surface area contributed by atoms with Crippen LogP contribution in [0.25, 0.3) is 0 Å². The Morgan fingerprint density at radius 2 is 1.78 bits per heavy atom. The van der Waals surface area contributed by atoms with Crippen molar-refractivity contribution < 1.29 is 5.11 Å². The van der Waals surface area contributed by atoms with Crippen molar-refractivity contribution >= 4 is 0 Å². The third-order valence-electron chi connectivity index (χ3n) is 3.19. The van der Waals surface area contributed by atoms with Gasteiger partial charge in [-0.05, 0) is 24.9 Å². The van der Waals surface area contributed by atoms with Crippen molar-refractivity contribution in [2.45, 2.75) is 52.5 Å². The first kappa shape index (κ1) is 15.0. The average molecular weight is 249 g/mol. The number of para-hydroxylation sites is 1. The first-order valence-electron chi connectivity index (χ1n) is 7.17. The van der Waals surface area contributed by atoms with E-state index in [0.717, 1.165) is 24.6 Å². The molecule has 0 spiro atoms. The number of hydrogen-bond donors (Lipinski definition) is 2. The topological polar surface area (TPSA) is 32.3 Å². The van der Waals surface area contributed by atoms with Gasteiger partial charge in [-0.2, -0.15) is 0 Å². The maximum atomic E-state index is 9.60. The second-order valence-corrected chi connectivity index (χ2v) is 5.40. The molecule has 0 aliphatic carbocycles. The lowest BCUT2D eigenvalue weighted by atomic mass is 10.0. The Balaban J connectivity index is 1.98. The highest BCUT2D eigenvalue weighted by Gasteiger charge is 1.98. The van der Waals surface area contributed by atoms with Crippen LogP contribution in [-0.4, -0.2) is 11.7 Å². The fourth-order valence-corrected chi connectivity index (χ4v) is 2.04. The highest BCUT2D eigenvalue weighted by molar-refractivity contribution is 5.31. The minimum atomic E-state index is 0.391. The van der Waals surface area contributed by atoms with Gasteiger partial charge in [0.1, 0.15) is 5.75 Å². The number of aromatic hydroxyl groups is 1. The Morgan fingerprint density at radius 3 is 2.50 bits per heavy atom. The summed E-state index contributed by atoms with van der Waals surface area (Å²) in [6.07, 6.45) is 6.59. The maximum Gasteiger partial charge on any atom is 0.120 e. The van der Waals surface area contributed by atoms with Crippen LogP contribution in [-0.2, 0) is 6.54 Å². The van der Waals surface area contributed by atoms with E-state index in [2.05, 4.69) is 19.2 Å². The van der Waals surface area contributed by atoms with Crippen molar-refractivity contribution in [2.24, 2.45) is 5.92 Å². The third kappa shape index (κ3) is 6.65. The van der Waals surface area contributed by atoms with Crippen LogP contribution < -0.4 is 5.32 Å². The number of hydrogen-bond acceptors (Lipinski definition) is 2. The van der Waals surface area contributed by atoms with E-state index in [1.807, 2.05) is 18.2 Å². The minimum Gasteiger partial charge on any atom is -0.508 e. The zero-order valence-electron chi connectivity index (χ0n) is 11.8. The zero-order valence-corrected chi connectivity index (χ0v) is 11.8. The summed E-state index contributed by atoms with van der Waals surface area (Å²) in [5.74, 6) is 1.23. The Hall–Kier alpha value is -1.02. The lowest BCUT2D eigenvalue weighted by molar-refractivity contribution is 0.463. The van der Waals surface area contributed by atoms with Crippen molar-refractivity contribution in [1.82, 2.24) is 5.32 Å². The summed E-state index contributed by atoms with van der Waals surface area (Å²) in [7, 11) is 0. The molecule has 0 saturated heterocycles. The van der Waals surface area contributed by atoms with Gasteiger partial charge in [0.15, 0.2) is 0 Å². The summed E-state index contributed by atoms with van der Waals surface area (Å²) in [6.45, 7) is 6.37. The standard InChI is InChI=1S/C16H27NO/c1-14(2)9-5-3-4-8-12-17-13-15-10-6-7-11-16(15)18/h6-7,10-11,14,17-18H,3-5,8-9,12-13H2,1-2H3. The van der Waals surface area contributed by atoms with Gasteiger partial charge in [-0.25, -0.2) is 0 Å². The van der Waals surface area contributed by atoms with E-state index in [4.69, 9.17) is 0 Å². The molecule has 0 aliphatic heterocycles. The van der Waals surface area contributed by atoms with Crippen LogP contribution in [0.1, 0.15) is 51.5 Å². The molecule has 0 aromatic heterocycles. The molecular formula is C16H27NO. The predicted octanol–water partition coefficient (Wildman–Crippen LogP) is 4.09. The molecule has 0 radical (unpaired) electrons. The van der Waals surface area contributed by atoms with Gasteiger partial charge in [0, 0.05) is 12.1 Å². The molecule has 1 rings (SSSR count). The van der Waals surface area contributed by atoms with E-state index in [-0.39, 0.29) is 0 Å². The first-order chi connectivity index (χ1) is 8.70. The molecule has 102 valence electrons. The van der Waals surface area contributed by atoms with E-state index in [0.29, 0.717) is 5.75 Å². The number of rotatable bonds is 9. The van der Waals surface area contributed by atoms with Crippen molar-refractivity contribution in [3.8, 4) is 5.75 Å². The van der Waals surface area contributed by atoms with E-state index < -0.39 is 0 Å². The van der Waals surface area contributed by atoms with Crippen molar-refractivity contribution in [1.29, 1.82) is 0 Å². The van der Waals surface area contributed by atoms with Crippen LogP contribution in [0.4, 0.5) is 0 Å². The van der Waals surface area contributed by atoms with Gasteiger partial charge >= 0.3 is 0 Å². The molecule has 2 nitrogen and oxygen atoms in total. The normalized spacial score (nSPS) is 11.1. The molecule has 0 bridgehead atoms. The minimum absolute atomic E-state index is 0.391. The van der Waals surface area contributed by atoms with Gasteiger partial charge in [0.25, 0.3) is 0 Å². The molecule has 0 aliphatic rings. The van der Waals surface area contributed by atoms with Gasteiger partial charge in [-0.15, -0.1) is 0 Å².